The third-order valence-electron chi connectivity index (χ3n) is 3.48. The Bertz CT molecular complexity index is 884. The lowest BCUT2D eigenvalue weighted by atomic mass is 10.1. The van der Waals surface area contributed by atoms with Gasteiger partial charge in [0.25, 0.3) is 5.69 Å². The molecule has 0 saturated heterocycles. The zero-order chi connectivity index (χ0) is 18.1. The second kappa shape index (κ2) is 7.23. The first-order valence-electron chi connectivity index (χ1n) is 6.94. The van der Waals surface area contributed by atoms with Crippen molar-refractivity contribution in [1.82, 2.24) is 0 Å². The number of nitro benzene ring substituents is 1. The number of thioether (sulfide) groups is 2. The van der Waals surface area contributed by atoms with Crippen LogP contribution >= 0.6 is 35.1 Å². The molecule has 0 amide bonds. The van der Waals surface area contributed by atoms with Gasteiger partial charge in [0.15, 0.2) is 17.3 Å². The maximum Gasteiger partial charge on any atom is 0.274 e. The van der Waals surface area contributed by atoms with Gasteiger partial charge in [0, 0.05) is 23.3 Å². The fourth-order valence-corrected chi connectivity index (χ4v) is 4.58. The molecule has 0 unspecified atom stereocenters. The zero-order valence-corrected chi connectivity index (χ0v) is 15.1. The van der Waals surface area contributed by atoms with E-state index in [1.807, 2.05) is 10.8 Å². The molecule has 0 atom stereocenters. The molecule has 1 heterocycles. The monoisotopic (exact) mass is 401 g/mol. The van der Waals surface area contributed by atoms with Crippen LogP contribution in [0.1, 0.15) is 15.7 Å². The van der Waals surface area contributed by atoms with Crippen molar-refractivity contribution in [3.8, 4) is 11.5 Å². The number of benzene rings is 2. The fraction of sp³-hybridized carbons (Fsp3) is 0.125. The van der Waals surface area contributed by atoms with E-state index in [4.69, 9.17) is 16.3 Å². The molecule has 9 heteroatoms. The molecule has 0 aromatic heterocycles. The summed E-state index contributed by atoms with van der Waals surface area (Å²) in [7, 11) is 0. The van der Waals surface area contributed by atoms with Gasteiger partial charge in [-0.15, -0.1) is 23.5 Å². The van der Waals surface area contributed by atoms with Crippen LogP contribution in [0.2, 0.25) is 5.02 Å². The van der Waals surface area contributed by atoms with E-state index in [0.717, 1.165) is 12.1 Å². The normalized spacial score (nSPS) is 14.1. The maximum absolute atomic E-state index is 13.9. The lowest BCUT2D eigenvalue weighted by Gasteiger charge is -2.18. The summed E-state index contributed by atoms with van der Waals surface area (Å²) >= 11 is 9.15. The number of nitro groups is 1. The average Bonchev–Trinajstić information content (AvgIpc) is 3.08. The van der Waals surface area contributed by atoms with Gasteiger partial charge in [-0.2, -0.15) is 0 Å². The standard InChI is InChI=1S/C16H10ClF2NO3S2/c1-8-12(20(21)22)7-10(16-24-4-5-25-16)15(14(8)17)23-13-3-2-9(18)6-11(13)19/h2-7,16H,1H3. The van der Waals surface area contributed by atoms with Gasteiger partial charge < -0.3 is 4.74 Å². The van der Waals surface area contributed by atoms with E-state index in [1.54, 1.807) is 0 Å². The van der Waals surface area contributed by atoms with Crippen molar-refractivity contribution in [2.45, 2.75) is 11.5 Å². The minimum atomic E-state index is -0.886. The van der Waals surface area contributed by atoms with Crippen LogP contribution < -0.4 is 4.74 Å². The van der Waals surface area contributed by atoms with E-state index in [9.17, 15) is 18.9 Å². The van der Waals surface area contributed by atoms with Gasteiger partial charge in [-0.05, 0) is 29.9 Å². The highest BCUT2D eigenvalue weighted by Gasteiger charge is 2.28. The third kappa shape index (κ3) is 3.61. The first-order valence-corrected chi connectivity index (χ1v) is 9.21. The highest BCUT2D eigenvalue weighted by Crippen LogP contribution is 2.53. The van der Waals surface area contributed by atoms with Crippen LogP contribution in [0.25, 0.3) is 0 Å². The number of hydrogen-bond donors (Lipinski definition) is 0. The lowest BCUT2D eigenvalue weighted by molar-refractivity contribution is -0.385. The molecule has 0 aliphatic carbocycles. The number of rotatable bonds is 4. The summed E-state index contributed by atoms with van der Waals surface area (Å²) in [4.78, 5) is 10.8. The van der Waals surface area contributed by atoms with Gasteiger partial charge in [0.2, 0.25) is 0 Å². The summed E-state index contributed by atoms with van der Waals surface area (Å²) in [5.41, 5.74) is 0.542. The van der Waals surface area contributed by atoms with Gasteiger partial charge in [-0.1, -0.05) is 11.6 Å². The molecule has 2 aromatic rings. The van der Waals surface area contributed by atoms with Crippen LogP contribution in [0.4, 0.5) is 14.5 Å². The summed E-state index contributed by atoms with van der Waals surface area (Å²) in [5.74, 6) is -1.70. The van der Waals surface area contributed by atoms with Crippen LogP contribution in [0.5, 0.6) is 11.5 Å². The molecule has 1 aliphatic rings. The molecule has 4 nitrogen and oxygen atoms in total. The zero-order valence-electron chi connectivity index (χ0n) is 12.7. The Morgan fingerprint density at radius 1 is 1.24 bits per heavy atom. The summed E-state index contributed by atoms with van der Waals surface area (Å²) < 4.78 is 32.4. The minimum absolute atomic E-state index is 0.0287. The van der Waals surface area contributed by atoms with Crippen LogP contribution in [0.3, 0.4) is 0 Å². The number of nitrogens with zero attached hydrogens (tertiary/aromatic N) is 1. The topological polar surface area (TPSA) is 52.4 Å². The van der Waals surface area contributed by atoms with Crippen molar-refractivity contribution in [2.24, 2.45) is 0 Å². The Morgan fingerprint density at radius 2 is 1.92 bits per heavy atom. The molecule has 0 N–H and O–H groups in total. The highest BCUT2D eigenvalue weighted by molar-refractivity contribution is 8.21. The van der Waals surface area contributed by atoms with Crippen LogP contribution in [-0.4, -0.2) is 4.92 Å². The Kier molecular flexibility index (Phi) is 5.21. The van der Waals surface area contributed by atoms with E-state index in [0.29, 0.717) is 11.6 Å². The van der Waals surface area contributed by atoms with Gasteiger partial charge >= 0.3 is 0 Å². The molecule has 0 bridgehead atoms. The van der Waals surface area contributed by atoms with Crippen molar-refractivity contribution < 1.29 is 18.4 Å². The van der Waals surface area contributed by atoms with Crippen molar-refractivity contribution in [1.29, 1.82) is 0 Å². The minimum Gasteiger partial charge on any atom is -0.452 e. The molecule has 25 heavy (non-hydrogen) atoms. The predicted octanol–water partition coefficient (Wildman–Crippen LogP) is 6.58. The van der Waals surface area contributed by atoms with E-state index in [2.05, 4.69) is 0 Å². The second-order valence-corrected chi connectivity index (χ2v) is 7.77. The Labute approximate surface area is 155 Å². The molecule has 130 valence electrons. The Balaban J connectivity index is 2.13. The van der Waals surface area contributed by atoms with Gasteiger partial charge in [-0.25, -0.2) is 8.78 Å². The van der Waals surface area contributed by atoms with Gasteiger partial charge in [0.05, 0.1) is 14.5 Å². The van der Waals surface area contributed by atoms with Gasteiger partial charge in [0.1, 0.15) is 5.82 Å². The molecule has 3 rings (SSSR count). The SMILES string of the molecule is Cc1c([N+](=O)[O-])cc(C2SC=CS2)c(Oc2ccc(F)cc2F)c1Cl. The third-order valence-corrected chi connectivity index (χ3v) is 6.37. The first-order chi connectivity index (χ1) is 11.9. The number of halogens is 3. The summed E-state index contributed by atoms with van der Waals surface area (Å²) in [6.07, 6.45) is 0. The molecular formula is C16H10ClF2NO3S2. The van der Waals surface area contributed by atoms with E-state index >= 15 is 0 Å². The van der Waals surface area contributed by atoms with Crippen molar-refractivity contribution in [2.75, 3.05) is 0 Å². The average molecular weight is 402 g/mol. The molecule has 0 radical (unpaired) electrons. The van der Waals surface area contributed by atoms with Gasteiger partial charge in [-0.3, -0.25) is 10.1 Å². The molecular weight excluding hydrogens is 392 g/mol. The van der Waals surface area contributed by atoms with E-state index in [-0.39, 0.29) is 32.4 Å². The smallest absolute Gasteiger partial charge is 0.274 e. The number of hydrogen-bond acceptors (Lipinski definition) is 5. The second-order valence-electron chi connectivity index (χ2n) is 5.06. The van der Waals surface area contributed by atoms with Crippen LogP contribution in [-0.2, 0) is 0 Å². The summed E-state index contributed by atoms with van der Waals surface area (Å²) in [6, 6.07) is 4.29. The lowest BCUT2D eigenvalue weighted by Crippen LogP contribution is -2.01. The molecule has 1 aliphatic heterocycles. The molecule has 2 aromatic carbocycles. The first kappa shape index (κ1) is 18.0. The Morgan fingerprint density at radius 3 is 2.52 bits per heavy atom. The maximum atomic E-state index is 13.9. The van der Waals surface area contributed by atoms with Crippen LogP contribution in [0, 0.1) is 28.7 Å². The van der Waals surface area contributed by atoms with E-state index < -0.39 is 16.6 Å². The van der Waals surface area contributed by atoms with Crippen molar-refractivity contribution >= 4 is 40.8 Å². The molecule has 0 spiro atoms. The van der Waals surface area contributed by atoms with E-state index in [1.165, 1.54) is 36.5 Å². The predicted molar refractivity (Wildman–Crippen MR) is 96.3 cm³/mol. The molecule has 0 saturated carbocycles. The van der Waals surface area contributed by atoms with Crippen molar-refractivity contribution in [3.05, 3.63) is 73.0 Å². The van der Waals surface area contributed by atoms with Crippen molar-refractivity contribution in [3.63, 3.8) is 0 Å². The highest BCUT2D eigenvalue weighted by atomic mass is 35.5. The quantitative estimate of drug-likeness (QED) is 0.428. The largest absolute Gasteiger partial charge is 0.452 e. The van der Waals surface area contributed by atoms with Crippen LogP contribution in [0.15, 0.2) is 35.1 Å². The summed E-state index contributed by atoms with van der Waals surface area (Å²) in [5, 5.41) is 15.0. The summed E-state index contributed by atoms with van der Waals surface area (Å²) in [6.45, 7) is 1.49. The fourth-order valence-electron chi connectivity index (χ4n) is 2.25. The number of ether oxygens (including phenoxy) is 1. The molecule has 0 fully saturated rings. The Hall–Kier alpha value is -1.77.